The van der Waals surface area contributed by atoms with Gasteiger partial charge in [-0.2, -0.15) is 0 Å². The molecular weight excluding hydrogens is 291 g/mol. The highest BCUT2D eigenvalue weighted by Gasteiger charge is 2.14. The first-order valence-electron chi connectivity index (χ1n) is 5.19. The molecule has 1 aromatic rings. The van der Waals surface area contributed by atoms with E-state index in [1.807, 2.05) is 0 Å². The van der Waals surface area contributed by atoms with Crippen LogP contribution in [0.15, 0.2) is 12.1 Å². The number of ether oxygens (including phenoxy) is 2. The van der Waals surface area contributed by atoms with Crippen LogP contribution < -0.4 is 4.74 Å². The lowest BCUT2D eigenvalue weighted by molar-refractivity contribution is -0.142. The molecule has 0 radical (unpaired) electrons. The third kappa shape index (κ3) is 3.70. The van der Waals surface area contributed by atoms with Crippen LogP contribution in [0.5, 0.6) is 5.75 Å². The second-order valence-electron chi connectivity index (χ2n) is 3.37. The molecule has 0 heterocycles. The lowest BCUT2D eigenvalue weighted by Crippen LogP contribution is -2.09. The van der Waals surface area contributed by atoms with Gasteiger partial charge in [0.1, 0.15) is 11.6 Å². The molecule has 0 amide bonds. The molecule has 0 spiro atoms. The minimum atomic E-state index is -0.392. The Balaban J connectivity index is 3.04. The summed E-state index contributed by atoms with van der Waals surface area (Å²) in [6.07, 6.45) is 0.00870. The summed E-state index contributed by atoms with van der Waals surface area (Å²) >= 11 is 3.25. The van der Waals surface area contributed by atoms with Crippen LogP contribution in [0.3, 0.4) is 0 Å². The van der Waals surface area contributed by atoms with Crippen molar-refractivity contribution in [1.29, 1.82) is 0 Å². The van der Waals surface area contributed by atoms with Gasteiger partial charge in [0.15, 0.2) is 0 Å². The molecule has 0 aromatic heterocycles. The van der Waals surface area contributed by atoms with E-state index in [9.17, 15) is 9.18 Å². The standard InChI is InChI=1S/C12H14BrFO3/c1-3-17-11(15)6-8-4-10(14)5-9(7-13)12(8)16-2/h4-5H,3,6-7H2,1-2H3. The van der Waals surface area contributed by atoms with Crippen molar-refractivity contribution < 1.29 is 18.7 Å². The Morgan fingerprint density at radius 2 is 2.06 bits per heavy atom. The second-order valence-corrected chi connectivity index (χ2v) is 3.93. The molecule has 5 heteroatoms. The van der Waals surface area contributed by atoms with Crippen LogP contribution in [-0.4, -0.2) is 19.7 Å². The fourth-order valence-electron chi connectivity index (χ4n) is 1.57. The van der Waals surface area contributed by atoms with Gasteiger partial charge in [-0.15, -0.1) is 0 Å². The predicted octanol–water partition coefficient (Wildman–Crippen LogP) is 2.83. The van der Waals surface area contributed by atoms with E-state index in [0.717, 1.165) is 0 Å². The largest absolute Gasteiger partial charge is 0.496 e. The number of alkyl halides is 1. The summed E-state index contributed by atoms with van der Waals surface area (Å²) in [4.78, 5) is 11.4. The zero-order valence-electron chi connectivity index (χ0n) is 9.76. The molecule has 3 nitrogen and oxygen atoms in total. The van der Waals surface area contributed by atoms with E-state index in [1.165, 1.54) is 19.2 Å². The fraction of sp³-hybridized carbons (Fsp3) is 0.417. The molecule has 0 saturated heterocycles. The van der Waals surface area contributed by atoms with E-state index in [0.29, 0.717) is 28.8 Å². The van der Waals surface area contributed by atoms with Gasteiger partial charge < -0.3 is 9.47 Å². The molecule has 1 rings (SSSR count). The van der Waals surface area contributed by atoms with Crippen molar-refractivity contribution in [3.63, 3.8) is 0 Å². The van der Waals surface area contributed by atoms with Crippen LogP contribution >= 0.6 is 15.9 Å². The number of rotatable bonds is 5. The Labute approximate surface area is 108 Å². The Kier molecular flexibility index (Phi) is 5.41. The minimum Gasteiger partial charge on any atom is -0.496 e. The average molecular weight is 305 g/mol. The summed E-state index contributed by atoms with van der Waals surface area (Å²) < 4.78 is 23.4. The summed E-state index contributed by atoms with van der Waals surface area (Å²) in [7, 11) is 1.49. The van der Waals surface area contributed by atoms with Gasteiger partial charge in [-0.3, -0.25) is 4.79 Å². The SMILES string of the molecule is CCOC(=O)Cc1cc(F)cc(CBr)c1OC. The molecule has 0 unspecified atom stereocenters. The van der Waals surface area contributed by atoms with Crippen molar-refractivity contribution in [3.05, 3.63) is 29.1 Å². The molecule has 0 aliphatic heterocycles. The lowest BCUT2D eigenvalue weighted by Gasteiger charge is -2.12. The monoisotopic (exact) mass is 304 g/mol. The highest BCUT2D eigenvalue weighted by atomic mass is 79.9. The van der Waals surface area contributed by atoms with Crippen molar-refractivity contribution in [2.45, 2.75) is 18.7 Å². The molecular formula is C12H14BrFO3. The molecule has 0 aliphatic carbocycles. The maximum Gasteiger partial charge on any atom is 0.310 e. The molecule has 17 heavy (non-hydrogen) atoms. The first kappa shape index (κ1) is 14.0. The molecule has 1 aromatic carbocycles. The summed E-state index contributed by atoms with van der Waals surface area (Å²) in [5.41, 5.74) is 1.17. The zero-order chi connectivity index (χ0) is 12.8. The number of hydrogen-bond donors (Lipinski definition) is 0. The predicted molar refractivity (Wildman–Crippen MR) is 65.9 cm³/mol. The zero-order valence-corrected chi connectivity index (χ0v) is 11.3. The van der Waals surface area contributed by atoms with Crippen LogP contribution in [0.25, 0.3) is 0 Å². The van der Waals surface area contributed by atoms with Gasteiger partial charge in [0.25, 0.3) is 0 Å². The van der Waals surface area contributed by atoms with Crippen LogP contribution in [0.4, 0.5) is 4.39 Å². The Hall–Kier alpha value is -1.10. The number of carbonyl (C=O) groups is 1. The molecule has 0 atom stereocenters. The van der Waals surface area contributed by atoms with E-state index >= 15 is 0 Å². The first-order chi connectivity index (χ1) is 8.12. The van der Waals surface area contributed by atoms with E-state index in [-0.39, 0.29) is 12.2 Å². The van der Waals surface area contributed by atoms with Crippen LogP contribution in [0.2, 0.25) is 0 Å². The minimum absolute atomic E-state index is 0.00870. The Morgan fingerprint density at radius 1 is 1.41 bits per heavy atom. The highest BCUT2D eigenvalue weighted by molar-refractivity contribution is 9.08. The van der Waals surface area contributed by atoms with Gasteiger partial charge in [-0.05, 0) is 19.1 Å². The van der Waals surface area contributed by atoms with Crippen molar-refractivity contribution in [2.75, 3.05) is 13.7 Å². The van der Waals surface area contributed by atoms with E-state index in [2.05, 4.69) is 15.9 Å². The van der Waals surface area contributed by atoms with Crippen molar-refractivity contribution >= 4 is 21.9 Å². The molecule has 0 bridgehead atoms. The van der Waals surface area contributed by atoms with E-state index in [4.69, 9.17) is 9.47 Å². The maximum atomic E-state index is 13.3. The Bertz CT molecular complexity index is 407. The molecule has 0 N–H and O–H groups in total. The first-order valence-corrected chi connectivity index (χ1v) is 6.31. The van der Waals surface area contributed by atoms with Gasteiger partial charge in [0.2, 0.25) is 0 Å². The molecule has 0 aliphatic rings. The van der Waals surface area contributed by atoms with Crippen LogP contribution in [-0.2, 0) is 21.3 Å². The average Bonchev–Trinajstić information content (AvgIpc) is 2.28. The topological polar surface area (TPSA) is 35.5 Å². The Morgan fingerprint density at radius 3 is 2.59 bits per heavy atom. The van der Waals surface area contributed by atoms with Crippen LogP contribution in [0.1, 0.15) is 18.1 Å². The van der Waals surface area contributed by atoms with Gasteiger partial charge in [-0.1, -0.05) is 15.9 Å². The smallest absolute Gasteiger partial charge is 0.310 e. The lowest BCUT2D eigenvalue weighted by atomic mass is 10.1. The number of halogens is 2. The van der Waals surface area contributed by atoms with Crippen molar-refractivity contribution in [1.82, 2.24) is 0 Å². The van der Waals surface area contributed by atoms with E-state index in [1.54, 1.807) is 6.92 Å². The van der Waals surface area contributed by atoms with Gasteiger partial charge >= 0.3 is 5.97 Å². The third-order valence-electron chi connectivity index (χ3n) is 2.20. The highest BCUT2D eigenvalue weighted by Crippen LogP contribution is 2.28. The van der Waals surface area contributed by atoms with Crippen molar-refractivity contribution in [2.24, 2.45) is 0 Å². The van der Waals surface area contributed by atoms with Crippen LogP contribution in [0, 0.1) is 5.82 Å². The van der Waals surface area contributed by atoms with Gasteiger partial charge in [0, 0.05) is 16.5 Å². The summed E-state index contributed by atoms with van der Waals surface area (Å²) in [5.74, 6) is -0.257. The number of carbonyl (C=O) groups excluding carboxylic acids is 1. The summed E-state index contributed by atoms with van der Waals surface area (Å²) in [6.45, 7) is 2.03. The number of hydrogen-bond acceptors (Lipinski definition) is 3. The maximum absolute atomic E-state index is 13.3. The quantitative estimate of drug-likeness (QED) is 0.620. The molecule has 0 saturated carbocycles. The normalized spacial score (nSPS) is 10.1. The number of esters is 1. The summed E-state index contributed by atoms with van der Waals surface area (Å²) in [5, 5.41) is 0.462. The van der Waals surface area contributed by atoms with Gasteiger partial charge in [-0.25, -0.2) is 4.39 Å². The number of methoxy groups -OCH3 is 1. The summed E-state index contributed by atoms with van der Waals surface area (Å²) in [6, 6.07) is 2.67. The van der Waals surface area contributed by atoms with E-state index < -0.39 is 5.97 Å². The van der Waals surface area contributed by atoms with Gasteiger partial charge in [0.05, 0.1) is 20.1 Å². The number of benzene rings is 1. The van der Waals surface area contributed by atoms with Crippen molar-refractivity contribution in [3.8, 4) is 5.75 Å². The fourth-order valence-corrected chi connectivity index (χ4v) is 1.99. The second kappa shape index (κ2) is 6.59. The third-order valence-corrected chi connectivity index (χ3v) is 2.80. The molecule has 0 fully saturated rings. The molecule has 94 valence electrons.